The van der Waals surface area contributed by atoms with Gasteiger partial charge in [0.05, 0.1) is 17.8 Å². The van der Waals surface area contributed by atoms with E-state index in [9.17, 15) is 9.18 Å². The smallest absolute Gasteiger partial charge is 0.273 e. The SMILES string of the molecule is O=C(NCc1ccc[nH]1)c1cn(-c2cccc(Cl)c2F)nn1. The van der Waals surface area contributed by atoms with Gasteiger partial charge in [0.2, 0.25) is 0 Å². The number of aromatic amines is 1. The molecule has 0 bridgehead atoms. The molecule has 0 aliphatic rings. The van der Waals surface area contributed by atoms with Crippen molar-refractivity contribution in [3.8, 4) is 5.69 Å². The number of hydrogen-bond donors (Lipinski definition) is 2. The van der Waals surface area contributed by atoms with Gasteiger partial charge in [-0.2, -0.15) is 0 Å². The van der Waals surface area contributed by atoms with Crippen LogP contribution in [0, 0.1) is 5.82 Å². The van der Waals surface area contributed by atoms with E-state index in [0.29, 0.717) is 6.54 Å². The number of nitrogens with zero attached hydrogens (tertiary/aromatic N) is 3. The van der Waals surface area contributed by atoms with Crippen LogP contribution in [-0.2, 0) is 6.54 Å². The van der Waals surface area contributed by atoms with E-state index in [2.05, 4.69) is 20.6 Å². The Morgan fingerprint density at radius 1 is 1.36 bits per heavy atom. The third kappa shape index (κ3) is 2.84. The normalized spacial score (nSPS) is 10.6. The molecular weight excluding hydrogens is 309 g/mol. The van der Waals surface area contributed by atoms with Crippen LogP contribution >= 0.6 is 11.6 Å². The molecule has 6 nitrogen and oxygen atoms in total. The van der Waals surface area contributed by atoms with Gasteiger partial charge in [-0.3, -0.25) is 4.79 Å². The number of rotatable bonds is 4. The van der Waals surface area contributed by atoms with Crippen molar-refractivity contribution in [3.05, 3.63) is 65.0 Å². The lowest BCUT2D eigenvalue weighted by Gasteiger charge is -2.02. The van der Waals surface area contributed by atoms with E-state index in [1.165, 1.54) is 23.0 Å². The fourth-order valence-corrected chi connectivity index (χ4v) is 2.07. The molecule has 0 aliphatic heterocycles. The molecule has 0 saturated heterocycles. The average Bonchev–Trinajstić information content (AvgIpc) is 3.18. The van der Waals surface area contributed by atoms with E-state index >= 15 is 0 Å². The van der Waals surface area contributed by atoms with E-state index in [1.807, 2.05) is 12.1 Å². The van der Waals surface area contributed by atoms with E-state index in [-0.39, 0.29) is 16.4 Å². The summed E-state index contributed by atoms with van der Waals surface area (Å²) in [4.78, 5) is 14.9. The van der Waals surface area contributed by atoms with Gasteiger partial charge < -0.3 is 10.3 Å². The van der Waals surface area contributed by atoms with Gasteiger partial charge in [-0.1, -0.05) is 22.9 Å². The summed E-state index contributed by atoms with van der Waals surface area (Å²) in [6.07, 6.45) is 3.11. The Kier molecular flexibility index (Phi) is 3.88. The van der Waals surface area contributed by atoms with Crippen LogP contribution in [0.1, 0.15) is 16.2 Å². The summed E-state index contributed by atoms with van der Waals surface area (Å²) < 4.78 is 15.1. The Morgan fingerprint density at radius 3 is 3.00 bits per heavy atom. The zero-order chi connectivity index (χ0) is 15.5. The van der Waals surface area contributed by atoms with Crippen molar-refractivity contribution >= 4 is 17.5 Å². The number of halogens is 2. The van der Waals surface area contributed by atoms with Crippen molar-refractivity contribution in [2.45, 2.75) is 6.54 Å². The number of H-pyrrole nitrogens is 1. The van der Waals surface area contributed by atoms with Crippen molar-refractivity contribution in [2.75, 3.05) is 0 Å². The van der Waals surface area contributed by atoms with Gasteiger partial charge >= 0.3 is 0 Å². The molecule has 2 aromatic heterocycles. The average molecular weight is 320 g/mol. The second kappa shape index (κ2) is 5.98. The summed E-state index contributed by atoms with van der Waals surface area (Å²) >= 11 is 5.72. The molecule has 1 aromatic carbocycles. The van der Waals surface area contributed by atoms with Gasteiger partial charge in [0, 0.05) is 11.9 Å². The van der Waals surface area contributed by atoms with Gasteiger partial charge in [-0.25, -0.2) is 9.07 Å². The van der Waals surface area contributed by atoms with Crippen LogP contribution in [0.15, 0.2) is 42.7 Å². The predicted molar refractivity (Wildman–Crippen MR) is 78.3 cm³/mol. The number of benzene rings is 1. The summed E-state index contributed by atoms with van der Waals surface area (Å²) in [5.74, 6) is -1.02. The third-order valence-electron chi connectivity index (χ3n) is 3.01. The molecule has 0 aliphatic carbocycles. The molecule has 0 fully saturated rings. The molecule has 0 unspecified atom stereocenters. The van der Waals surface area contributed by atoms with Gasteiger partial charge in [0.25, 0.3) is 5.91 Å². The molecule has 2 heterocycles. The highest BCUT2D eigenvalue weighted by atomic mass is 35.5. The first-order chi connectivity index (χ1) is 10.6. The first kappa shape index (κ1) is 14.3. The van der Waals surface area contributed by atoms with E-state index in [0.717, 1.165) is 5.69 Å². The van der Waals surface area contributed by atoms with Crippen LogP contribution in [0.3, 0.4) is 0 Å². The number of carbonyl (C=O) groups is 1. The molecule has 0 saturated carbocycles. The van der Waals surface area contributed by atoms with Crippen LogP contribution in [0.4, 0.5) is 4.39 Å². The summed E-state index contributed by atoms with van der Waals surface area (Å²) in [6.45, 7) is 0.338. The Morgan fingerprint density at radius 2 is 2.23 bits per heavy atom. The highest BCUT2D eigenvalue weighted by molar-refractivity contribution is 6.30. The molecule has 3 rings (SSSR count). The van der Waals surface area contributed by atoms with Gasteiger partial charge in [-0.15, -0.1) is 5.10 Å². The molecule has 0 atom stereocenters. The molecule has 8 heteroatoms. The molecule has 0 radical (unpaired) electrons. The monoisotopic (exact) mass is 319 g/mol. The predicted octanol–water partition coefficient (Wildman–Crippen LogP) is 2.32. The summed E-state index contributed by atoms with van der Waals surface area (Å²) in [6, 6.07) is 8.20. The van der Waals surface area contributed by atoms with Gasteiger partial charge in [0.1, 0.15) is 5.69 Å². The largest absolute Gasteiger partial charge is 0.364 e. The molecule has 22 heavy (non-hydrogen) atoms. The zero-order valence-corrected chi connectivity index (χ0v) is 12.0. The fraction of sp³-hybridized carbons (Fsp3) is 0.0714. The standard InChI is InChI=1S/C14H11ClFN5O/c15-10-4-1-5-12(13(10)16)21-8-11(19-20-21)14(22)18-7-9-3-2-6-17-9/h1-6,8,17H,7H2,(H,18,22). The Hall–Kier alpha value is -2.67. The minimum absolute atomic E-state index is 0.0225. The Bertz CT molecular complexity index is 799. The molecule has 112 valence electrons. The topological polar surface area (TPSA) is 75.6 Å². The van der Waals surface area contributed by atoms with Crippen LogP contribution < -0.4 is 5.32 Å². The number of amides is 1. The van der Waals surface area contributed by atoms with Crippen LogP contribution in [0.25, 0.3) is 5.69 Å². The van der Waals surface area contributed by atoms with Crippen molar-refractivity contribution in [2.24, 2.45) is 0 Å². The minimum atomic E-state index is -0.618. The number of nitrogens with one attached hydrogen (secondary N) is 2. The van der Waals surface area contributed by atoms with Crippen molar-refractivity contribution in [1.82, 2.24) is 25.3 Å². The zero-order valence-electron chi connectivity index (χ0n) is 11.3. The van der Waals surface area contributed by atoms with Crippen LogP contribution in [-0.4, -0.2) is 25.9 Å². The second-order valence-corrected chi connectivity index (χ2v) is 4.91. The van der Waals surface area contributed by atoms with Crippen molar-refractivity contribution in [1.29, 1.82) is 0 Å². The molecule has 0 spiro atoms. The molecule has 3 aromatic rings. The number of hydrogen-bond acceptors (Lipinski definition) is 3. The lowest BCUT2D eigenvalue weighted by molar-refractivity contribution is 0.0945. The van der Waals surface area contributed by atoms with Crippen LogP contribution in [0.2, 0.25) is 5.02 Å². The first-order valence-electron chi connectivity index (χ1n) is 6.42. The number of aromatic nitrogens is 4. The minimum Gasteiger partial charge on any atom is -0.364 e. The van der Waals surface area contributed by atoms with E-state index in [1.54, 1.807) is 12.3 Å². The maximum Gasteiger partial charge on any atom is 0.273 e. The van der Waals surface area contributed by atoms with Crippen molar-refractivity contribution in [3.63, 3.8) is 0 Å². The van der Waals surface area contributed by atoms with E-state index < -0.39 is 11.7 Å². The Labute approximate surface area is 129 Å². The Balaban J connectivity index is 1.75. The highest BCUT2D eigenvalue weighted by Crippen LogP contribution is 2.20. The lowest BCUT2D eigenvalue weighted by Crippen LogP contribution is -2.23. The maximum atomic E-state index is 13.9. The fourth-order valence-electron chi connectivity index (χ4n) is 1.90. The third-order valence-corrected chi connectivity index (χ3v) is 3.30. The molecular formula is C14H11ClFN5O. The summed E-state index contributed by atoms with van der Waals surface area (Å²) in [5.41, 5.74) is 1.08. The quantitative estimate of drug-likeness (QED) is 0.775. The highest BCUT2D eigenvalue weighted by Gasteiger charge is 2.14. The molecule has 1 amide bonds. The van der Waals surface area contributed by atoms with Crippen molar-refractivity contribution < 1.29 is 9.18 Å². The van der Waals surface area contributed by atoms with Gasteiger partial charge in [-0.05, 0) is 24.3 Å². The van der Waals surface area contributed by atoms with E-state index in [4.69, 9.17) is 11.6 Å². The first-order valence-corrected chi connectivity index (χ1v) is 6.80. The molecule has 2 N–H and O–H groups in total. The number of carbonyl (C=O) groups excluding carboxylic acids is 1. The summed E-state index contributed by atoms with van der Waals surface area (Å²) in [7, 11) is 0. The van der Waals surface area contributed by atoms with Gasteiger partial charge in [0.15, 0.2) is 11.5 Å². The summed E-state index contributed by atoms with van der Waals surface area (Å²) in [5, 5.41) is 10.2. The van der Waals surface area contributed by atoms with Crippen LogP contribution in [0.5, 0.6) is 0 Å². The lowest BCUT2D eigenvalue weighted by atomic mass is 10.3. The maximum absolute atomic E-state index is 13.9. The second-order valence-electron chi connectivity index (χ2n) is 4.50.